The van der Waals surface area contributed by atoms with Gasteiger partial charge in [-0.3, -0.25) is 19.3 Å². The lowest BCUT2D eigenvalue weighted by Crippen LogP contribution is -2.44. The van der Waals surface area contributed by atoms with Crippen LogP contribution in [0.4, 0.5) is 4.79 Å². The minimum atomic E-state index is -0.436. The van der Waals surface area contributed by atoms with Gasteiger partial charge in [-0.2, -0.15) is 0 Å². The minimum Gasteiger partial charge on any atom is -0.492 e. The van der Waals surface area contributed by atoms with Crippen LogP contribution in [0.2, 0.25) is 0 Å². The summed E-state index contributed by atoms with van der Waals surface area (Å²) < 4.78 is 11.8. The van der Waals surface area contributed by atoms with Crippen LogP contribution in [0.15, 0.2) is 17.0 Å². The number of benzene rings is 1. The standard InChI is InChI=1S/C20H23IN2O5S/c1-3-28-15-10-13(9-14(21)18(15)27-2)11-16-19(25)23(20(26)29-16)12-17(24)22-7-5-4-6-8-22/h9-11H,3-8,12H2,1-2H3/b16-11+. The van der Waals surface area contributed by atoms with Crippen LogP contribution in [-0.2, 0) is 9.59 Å². The summed E-state index contributed by atoms with van der Waals surface area (Å²) in [5.74, 6) is 0.595. The molecule has 0 spiro atoms. The van der Waals surface area contributed by atoms with E-state index in [1.807, 2.05) is 13.0 Å². The van der Waals surface area contributed by atoms with Crippen molar-refractivity contribution in [3.63, 3.8) is 0 Å². The number of hydrogen-bond acceptors (Lipinski definition) is 6. The lowest BCUT2D eigenvalue weighted by molar-refractivity contribution is -0.136. The summed E-state index contributed by atoms with van der Waals surface area (Å²) in [6.07, 6.45) is 4.69. The van der Waals surface area contributed by atoms with Gasteiger partial charge >= 0.3 is 0 Å². The van der Waals surface area contributed by atoms with Crippen molar-refractivity contribution in [2.24, 2.45) is 0 Å². The molecule has 0 atom stereocenters. The number of nitrogens with zero attached hydrogens (tertiary/aromatic N) is 2. The Kier molecular flexibility index (Phi) is 7.44. The molecule has 3 rings (SSSR count). The second kappa shape index (κ2) is 9.84. The fourth-order valence-electron chi connectivity index (χ4n) is 3.30. The van der Waals surface area contributed by atoms with Crippen molar-refractivity contribution in [2.75, 3.05) is 33.4 Å². The second-order valence-electron chi connectivity index (χ2n) is 6.68. The van der Waals surface area contributed by atoms with Crippen molar-refractivity contribution in [2.45, 2.75) is 26.2 Å². The Morgan fingerprint density at radius 2 is 1.97 bits per heavy atom. The number of rotatable bonds is 6. The van der Waals surface area contributed by atoms with Crippen molar-refractivity contribution in [3.8, 4) is 11.5 Å². The van der Waals surface area contributed by atoms with Crippen LogP contribution in [0.1, 0.15) is 31.7 Å². The van der Waals surface area contributed by atoms with Crippen LogP contribution in [0.5, 0.6) is 11.5 Å². The maximum Gasteiger partial charge on any atom is 0.294 e. The normalized spacial score (nSPS) is 18.5. The molecule has 0 N–H and O–H groups in total. The Morgan fingerprint density at radius 1 is 1.24 bits per heavy atom. The van der Waals surface area contributed by atoms with Crippen molar-refractivity contribution in [3.05, 3.63) is 26.2 Å². The first-order valence-corrected chi connectivity index (χ1v) is 11.4. The Labute approximate surface area is 187 Å². The van der Waals surface area contributed by atoms with Gasteiger partial charge in [-0.15, -0.1) is 0 Å². The number of amides is 3. The van der Waals surface area contributed by atoms with Crippen LogP contribution in [0.25, 0.3) is 6.08 Å². The highest BCUT2D eigenvalue weighted by molar-refractivity contribution is 14.1. The van der Waals surface area contributed by atoms with Gasteiger partial charge in [0, 0.05) is 13.1 Å². The molecule has 2 aliphatic rings. The minimum absolute atomic E-state index is 0.175. The summed E-state index contributed by atoms with van der Waals surface area (Å²) in [5, 5.41) is -0.417. The number of ether oxygens (including phenoxy) is 2. The van der Waals surface area contributed by atoms with Gasteiger partial charge in [-0.25, -0.2) is 0 Å². The molecule has 2 saturated heterocycles. The average Bonchev–Trinajstić information content (AvgIpc) is 2.96. The van der Waals surface area contributed by atoms with Crippen LogP contribution in [0.3, 0.4) is 0 Å². The van der Waals surface area contributed by atoms with E-state index in [-0.39, 0.29) is 12.5 Å². The summed E-state index contributed by atoms with van der Waals surface area (Å²) in [6.45, 7) is 3.53. The fourth-order valence-corrected chi connectivity index (χ4v) is 4.98. The largest absolute Gasteiger partial charge is 0.492 e. The molecular formula is C20H23IN2O5S. The van der Waals surface area contributed by atoms with Gasteiger partial charge < -0.3 is 14.4 Å². The molecular weight excluding hydrogens is 507 g/mol. The molecule has 0 bridgehead atoms. The van der Waals surface area contributed by atoms with Crippen molar-refractivity contribution in [1.82, 2.24) is 9.80 Å². The zero-order valence-corrected chi connectivity index (χ0v) is 19.4. The lowest BCUT2D eigenvalue weighted by atomic mass is 10.1. The third-order valence-electron chi connectivity index (χ3n) is 4.71. The number of thioether (sulfide) groups is 1. The van der Waals surface area contributed by atoms with Gasteiger partial charge in [0.15, 0.2) is 11.5 Å². The van der Waals surface area contributed by atoms with Gasteiger partial charge in [-0.05, 0) is 84.3 Å². The monoisotopic (exact) mass is 530 g/mol. The van der Waals surface area contributed by atoms with E-state index in [0.717, 1.165) is 45.1 Å². The molecule has 0 aliphatic carbocycles. The predicted octanol–water partition coefficient (Wildman–Crippen LogP) is 3.75. The van der Waals surface area contributed by atoms with E-state index in [1.165, 1.54) is 0 Å². The average molecular weight is 530 g/mol. The van der Waals surface area contributed by atoms with Crippen LogP contribution in [0, 0.1) is 3.57 Å². The Morgan fingerprint density at radius 3 is 2.62 bits per heavy atom. The lowest BCUT2D eigenvalue weighted by Gasteiger charge is -2.27. The summed E-state index contributed by atoms with van der Waals surface area (Å²) in [6, 6.07) is 3.63. The zero-order chi connectivity index (χ0) is 21.0. The third kappa shape index (κ3) is 5.06. The van der Waals surface area contributed by atoms with Crippen molar-refractivity contribution < 1.29 is 23.9 Å². The topological polar surface area (TPSA) is 76.2 Å². The molecule has 0 aromatic heterocycles. The SMILES string of the molecule is CCOc1cc(/C=C2/SC(=O)N(CC(=O)N3CCCCC3)C2=O)cc(I)c1OC. The quantitative estimate of drug-likeness (QED) is 0.412. The molecule has 0 unspecified atom stereocenters. The van der Waals surface area contributed by atoms with Crippen LogP contribution >= 0.6 is 34.4 Å². The number of hydrogen-bond donors (Lipinski definition) is 0. The Hall–Kier alpha value is -1.75. The second-order valence-corrected chi connectivity index (χ2v) is 8.83. The number of methoxy groups -OCH3 is 1. The molecule has 29 heavy (non-hydrogen) atoms. The maximum absolute atomic E-state index is 12.7. The number of halogens is 1. The maximum atomic E-state index is 12.7. The number of carbonyl (C=O) groups is 3. The molecule has 9 heteroatoms. The van der Waals surface area contributed by atoms with E-state index in [0.29, 0.717) is 36.1 Å². The van der Waals surface area contributed by atoms with Crippen LogP contribution in [-0.4, -0.2) is 60.2 Å². The molecule has 7 nitrogen and oxygen atoms in total. The smallest absolute Gasteiger partial charge is 0.294 e. The number of likely N-dealkylation sites (tertiary alicyclic amines) is 1. The number of carbonyl (C=O) groups excluding carboxylic acids is 3. The number of piperidine rings is 1. The fraction of sp³-hybridized carbons (Fsp3) is 0.450. The van der Waals surface area contributed by atoms with E-state index in [4.69, 9.17) is 9.47 Å². The summed E-state index contributed by atoms with van der Waals surface area (Å²) in [7, 11) is 1.57. The Balaban J connectivity index is 1.78. The third-order valence-corrected chi connectivity index (χ3v) is 6.42. The summed E-state index contributed by atoms with van der Waals surface area (Å²) in [4.78, 5) is 40.6. The molecule has 156 valence electrons. The molecule has 1 aromatic rings. The van der Waals surface area contributed by atoms with E-state index in [2.05, 4.69) is 22.6 Å². The van der Waals surface area contributed by atoms with E-state index < -0.39 is 11.1 Å². The highest BCUT2D eigenvalue weighted by Crippen LogP contribution is 2.37. The first-order valence-electron chi connectivity index (χ1n) is 9.48. The molecule has 2 aliphatic heterocycles. The molecule has 2 heterocycles. The van der Waals surface area contributed by atoms with E-state index in [9.17, 15) is 14.4 Å². The molecule has 1 aromatic carbocycles. The molecule has 0 saturated carbocycles. The Bertz CT molecular complexity index is 852. The van der Waals surface area contributed by atoms with Gasteiger partial charge in [0.2, 0.25) is 5.91 Å². The molecule has 2 fully saturated rings. The van der Waals surface area contributed by atoms with Gasteiger partial charge in [0.1, 0.15) is 6.54 Å². The van der Waals surface area contributed by atoms with Crippen molar-refractivity contribution >= 4 is 57.5 Å². The highest BCUT2D eigenvalue weighted by Gasteiger charge is 2.37. The molecule has 0 radical (unpaired) electrons. The van der Waals surface area contributed by atoms with Crippen molar-refractivity contribution in [1.29, 1.82) is 0 Å². The highest BCUT2D eigenvalue weighted by atomic mass is 127. The summed E-state index contributed by atoms with van der Waals surface area (Å²) in [5.41, 5.74) is 0.728. The van der Waals surface area contributed by atoms with E-state index in [1.54, 1.807) is 24.2 Å². The van der Waals surface area contributed by atoms with Gasteiger partial charge in [-0.1, -0.05) is 0 Å². The first-order chi connectivity index (χ1) is 13.9. The van der Waals surface area contributed by atoms with E-state index >= 15 is 0 Å². The predicted molar refractivity (Wildman–Crippen MR) is 120 cm³/mol. The first kappa shape index (κ1) is 21.9. The molecule has 3 amide bonds. The number of imide groups is 1. The zero-order valence-electron chi connectivity index (χ0n) is 16.4. The summed E-state index contributed by atoms with van der Waals surface area (Å²) >= 11 is 2.99. The van der Waals surface area contributed by atoms with Gasteiger partial charge in [0.25, 0.3) is 11.1 Å². The van der Waals surface area contributed by atoms with Crippen LogP contribution < -0.4 is 9.47 Å². The van der Waals surface area contributed by atoms with Gasteiger partial charge in [0.05, 0.1) is 22.2 Å².